The predicted octanol–water partition coefficient (Wildman–Crippen LogP) is 3.19. The molecule has 0 atom stereocenters. The van der Waals surface area contributed by atoms with Gasteiger partial charge in [-0.1, -0.05) is 13.3 Å². The number of benzene rings is 2. The smallest absolute Gasteiger partial charge is 0.238 e. The Morgan fingerprint density at radius 3 is 2.00 bits per heavy atom. The van der Waals surface area contributed by atoms with Gasteiger partial charge in [-0.05, 0) is 55.0 Å². The lowest BCUT2D eigenvalue weighted by Gasteiger charge is -2.07. The molecular formula is C19H23N3O4S2. The number of thioether (sulfide) groups is 1. The van der Waals surface area contributed by atoms with Crippen molar-refractivity contribution in [1.82, 2.24) is 0 Å². The highest BCUT2D eigenvalue weighted by Gasteiger charge is 2.09. The van der Waals surface area contributed by atoms with Crippen LogP contribution in [0.4, 0.5) is 11.4 Å². The number of amides is 2. The number of nitrogens with two attached hydrogens (primary N) is 1. The second kappa shape index (κ2) is 10.3. The van der Waals surface area contributed by atoms with Gasteiger partial charge >= 0.3 is 0 Å². The second-order valence-corrected chi connectivity index (χ2v) is 8.69. The molecular weight excluding hydrogens is 398 g/mol. The van der Waals surface area contributed by atoms with Gasteiger partial charge in [-0.25, -0.2) is 13.6 Å². The van der Waals surface area contributed by atoms with Crippen molar-refractivity contribution in [2.24, 2.45) is 5.14 Å². The fraction of sp³-hybridized carbons (Fsp3) is 0.263. The molecule has 0 saturated heterocycles. The average molecular weight is 422 g/mol. The lowest BCUT2D eigenvalue weighted by molar-refractivity contribution is -0.116. The third kappa shape index (κ3) is 7.34. The van der Waals surface area contributed by atoms with Crippen LogP contribution in [-0.2, 0) is 19.6 Å². The van der Waals surface area contributed by atoms with Crippen LogP contribution in [0.1, 0.15) is 26.2 Å². The first-order valence-electron chi connectivity index (χ1n) is 8.73. The van der Waals surface area contributed by atoms with Crippen LogP contribution in [0.25, 0.3) is 0 Å². The van der Waals surface area contributed by atoms with E-state index in [4.69, 9.17) is 5.14 Å². The van der Waals surface area contributed by atoms with E-state index < -0.39 is 10.0 Å². The van der Waals surface area contributed by atoms with E-state index >= 15 is 0 Å². The van der Waals surface area contributed by atoms with Crippen LogP contribution in [-0.4, -0.2) is 26.0 Å². The maximum Gasteiger partial charge on any atom is 0.238 e. The lowest BCUT2D eigenvalue weighted by Crippen LogP contribution is -2.15. The second-order valence-electron chi connectivity index (χ2n) is 6.08. The third-order valence-electron chi connectivity index (χ3n) is 3.73. The Morgan fingerprint density at radius 2 is 1.46 bits per heavy atom. The first-order chi connectivity index (χ1) is 13.3. The Balaban J connectivity index is 1.81. The maximum atomic E-state index is 12.0. The maximum absolute atomic E-state index is 12.0. The topological polar surface area (TPSA) is 118 Å². The summed E-state index contributed by atoms with van der Waals surface area (Å²) in [7, 11) is -3.75. The Morgan fingerprint density at radius 1 is 0.929 bits per heavy atom. The van der Waals surface area contributed by atoms with Crippen molar-refractivity contribution >= 4 is 45.0 Å². The Bertz CT molecular complexity index is 911. The van der Waals surface area contributed by atoms with E-state index in [0.29, 0.717) is 12.1 Å². The molecule has 0 saturated carbocycles. The molecule has 7 nitrogen and oxygen atoms in total. The van der Waals surface area contributed by atoms with Crippen molar-refractivity contribution < 1.29 is 18.0 Å². The molecule has 0 radical (unpaired) electrons. The fourth-order valence-electron chi connectivity index (χ4n) is 2.27. The molecule has 2 amide bonds. The van der Waals surface area contributed by atoms with Crippen LogP contribution in [0.3, 0.4) is 0 Å². The fourth-order valence-corrected chi connectivity index (χ4v) is 3.48. The molecule has 0 heterocycles. The van der Waals surface area contributed by atoms with E-state index in [-0.39, 0.29) is 22.5 Å². The highest BCUT2D eigenvalue weighted by atomic mass is 32.2. The summed E-state index contributed by atoms with van der Waals surface area (Å²) < 4.78 is 22.4. The van der Waals surface area contributed by atoms with Crippen molar-refractivity contribution in [2.45, 2.75) is 36.0 Å². The van der Waals surface area contributed by atoms with Crippen LogP contribution < -0.4 is 15.8 Å². The molecule has 0 fully saturated rings. The number of carbonyl (C=O) groups excluding carboxylic acids is 2. The normalized spacial score (nSPS) is 11.1. The SMILES string of the molecule is CCCCC(=O)Nc1ccc(SCC(=O)Nc2ccc(S(N)(=O)=O)cc2)cc1. The number of anilines is 2. The van der Waals surface area contributed by atoms with E-state index in [1.54, 1.807) is 12.1 Å². The number of rotatable bonds is 9. The lowest BCUT2D eigenvalue weighted by atomic mass is 10.2. The van der Waals surface area contributed by atoms with E-state index in [2.05, 4.69) is 10.6 Å². The van der Waals surface area contributed by atoms with Gasteiger partial charge in [0.1, 0.15) is 0 Å². The summed E-state index contributed by atoms with van der Waals surface area (Å²) >= 11 is 1.36. The summed E-state index contributed by atoms with van der Waals surface area (Å²) in [6.45, 7) is 2.04. The zero-order valence-electron chi connectivity index (χ0n) is 15.5. The molecule has 4 N–H and O–H groups in total. The van der Waals surface area contributed by atoms with E-state index in [0.717, 1.165) is 23.4 Å². The molecule has 0 aliphatic heterocycles. The van der Waals surface area contributed by atoms with Gasteiger partial charge in [-0.2, -0.15) is 0 Å². The molecule has 0 bridgehead atoms. The van der Waals surface area contributed by atoms with Gasteiger partial charge in [0.05, 0.1) is 10.6 Å². The number of nitrogens with one attached hydrogen (secondary N) is 2. The highest BCUT2D eigenvalue weighted by Crippen LogP contribution is 2.21. The molecule has 0 unspecified atom stereocenters. The van der Waals surface area contributed by atoms with Crippen LogP contribution in [0, 0.1) is 0 Å². The number of unbranched alkanes of at least 4 members (excludes halogenated alkanes) is 1. The molecule has 2 aromatic carbocycles. The van der Waals surface area contributed by atoms with Gasteiger partial charge in [0, 0.05) is 22.7 Å². The van der Waals surface area contributed by atoms with Gasteiger partial charge in [-0.3, -0.25) is 9.59 Å². The first-order valence-corrected chi connectivity index (χ1v) is 11.3. The number of hydrogen-bond donors (Lipinski definition) is 3. The van der Waals surface area contributed by atoms with Gasteiger partial charge in [-0.15, -0.1) is 11.8 Å². The minimum Gasteiger partial charge on any atom is -0.326 e. The first kappa shape index (κ1) is 21.9. The number of hydrogen-bond acceptors (Lipinski definition) is 5. The summed E-state index contributed by atoms with van der Waals surface area (Å²) in [5.41, 5.74) is 1.22. The summed E-state index contributed by atoms with van der Waals surface area (Å²) in [5.74, 6) is -0.0283. The van der Waals surface area contributed by atoms with Crippen molar-refractivity contribution in [3.8, 4) is 0 Å². The van der Waals surface area contributed by atoms with Crippen LogP contribution in [0.2, 0.25) is 0 Å². The summed E-state index contributed by atoms with van der Waals surface area (Å²) in [6.07, 6.45) is 2.34. The monoisotopic (exact) mass is 421 g/mol. The summed E-state index contributed by atoms with van der Waals surface area (Å²) in [6, 6.07) is 12.9. The molecule has 0 aromatic heterocycles. The average Bonchev–Trinajstić information content (AvgIpc) is 2.65. The summed E-state index contributed by atoms with van der Waals surface area (Å²) in [5, 5.41) is 10.6. The minimum absolute atomic E-state index is 0.00455. The van der Waals surface area contributed by atoms with Crippen molar-refractivity contribution in [3.63, 3.8) is 0 Å². The van der Waals surface area contributed by atoms with Crippen LogP contribution in [0.15, 0.2) is 58.3 Å². The van der Waals surface area contributed by atoms with E-state index in [1.807, 2.05) is 19.1 Å². The molecule has 2 aromatic rings. The van der Waals surface area contributed by atoms with E-state index in [9.17, 15) is 18.0 Å². The van der Waals surface area contributed by atoms with Gasteiger partial charge in [0.15, 0.2) is 0 Å². The molecule has 2 rings (SSSR count). The summed E-state index contributed by atoms with van der Waals surface area (Å²) in [4.78, 5) is 24.6. The van der Waals surface area contributed by atoms with Crippen LogP contribution >= 0.6 is 11.8 Å². The van der Waals surface area contributed by atoms with Gasteiger partial charge < -0.3 is 10.6 Å². The molecule has 0 spiro atoms. The number of primary sulfonamides is 1. The molecule has 0 aliphatic rings. The van der Waals surface area contributed by atoms with Crippen molar-refractivity contribution in [1.29, 1.82) is 0 Å². The Kier molecular flexibility index (Phi) is 8.04. The Hall–Kier alpha value is -2.36. The van der Waals surface area contributed by atoms with Crippen LogP contribution in [0.5, 0.6) is 0 Å². The molecule has 0 aliphatic carbocycles. The Labute approximate surface area is 169 Å². The van der Waals surface area contributed by atoms with Gasteiger partial charge in [0.25, 0.3) is 0 Å². The number of carbonyl (C=O) groups is 2. The van der Waals surface area contributed by atoms with Crippen molar-refractivity contribution in [3.05, 3.63) is 48.5 Å². The number of sulfonamides is 1. The predicted molar refractivity (Wildman–Crippen MR) is 112 cm³/mol. The highest BCUT2D eigenvalue weighted by molar-refractivity contribution is 8.00. The van der Waals surface area contributed by atoms with Crippen molar-refractivity contribution in [2.75, 3.05) is 16.4 Å². The molecule has 9 heteroatoms. The van der Waals surface area contributed by atoms with Gasteiger partial charge in [0.2, 0.25) is 21.8 Å². The minimum atomic E-state index is -3.75. The third-order valence-corrected chi connectivity index (χ3v) is 5.67. The molecule has 28 heavy (non-hydrogen) atoms. The zero-order chi connectivity index (χ0) is 20.6. The van der Waals surface area contributed by atoms with E-state index in [1.165, 1.54) is 36.0 Å². The largest absolute Gasteiger partial charge is 0.326 e. The molecule has 150 valence electrons. The quantitative estimate of drug-likeness (QED) is 0.537. The zero-order valence-corrected chi connectivity index (χ0v) is 17.1. The standard InChI is InChI=1S/C19H23N3O4S2/c1-2-3-4-18(23)21-14-5-9-16(10-6-14)27-13-19(24)22-15-7-11-17(12-8-15)28(20,25)26/h5-12H,2-4,13H2,1H3,(H,21,23)(H,22,24)(H2,20,25,26).